The number of benzene rings is 2. The van der Waals surface area contributed by atoms with Crippen LogP contribution in [0.3, 0.4) is 0 Å². The van der Waals surface area contributed by atoms with Crippen molar-refractivity contribution in [3.8, 4) is 5.75 Å². The number of Topliss-reactive ketones (excluding diaryl/α,β-unsaturated/α-hetero) is 2. The summed E-state index contributed by atoms with van der Waals surface area (Å²) in [6, 6.07) is 14.9. The third-order valence-electron chi connectivity index (χ3n) is 2.62. The lowest BCUT2D eigenvalue weighted by Crippen LogP contribution is -2.08. The monoisotopic (exact) mass is 267 g/mol. The van der Waals surface area contributed by atoms with E-state index in [9.17, 15) is 14.7 Å². The van der Waals surface area contributed by atoms with Gasteiger partial charge in [0.1, 0.15) is 5.75 Å². The molecule has 4 nitrogen and oxygen atoms in total. The van der Waals surface area contributed by atoms with Gasteiger partial charge in [-0.15, -0.1) is 0 Å². The predicted molar refractivity (Wildman–Crippen MR) is 76.7 cm³/mol. The highest BCUT2D eigenvalue weighted by molar-refractivity contribution is 6.33. The Morgan fingerprint density at radius 2 is 1.80 bits per heavy atom. The Morgan fingerprint density at radius 1 is 1.05 bits per heavy atom. The maximum Gasteiger partial charge on any atom is 0.181 e. The van der Waals surface area contributed by atoms with E-state index in [1.165, 1.54) is 12.1 Å². The normalized spacial score (nSPS) is 10.6. The van der Waals surface area contributed by atoms with Gasteiger partial charge in [-0.2, -0.15) is 0 Å². The highest BCUT2D eigenvalue weighted by Crippen LogP contribution is 2.17. The molecule has 0 aliphatic carbocycles. The maximum absolute atomic E-state index is 11.8. The summed E-state index contributed by atoms with van der Waals surface area (Å²) in [5.41, 5.74) is 0.970. The van der Waals surface area contributed by atoms with Crippen molar-refractivity contribution in [2.75, 3.05) is 0 Å². The SMILES string of the molecule is O=C(C=Nc1cccc(O)c1)CC(=O)c1ccccc1. The number of nitrogens with zero attached hydrogens (tertiary/aromatic N) is 1. The van der Waals surface area contributed by atoms with E-state index in [4.69, 9.17) is 0 Å². The minimum atomic E-state index is -0.373. The molecule has 0 aliphatic rings. The first-order valence-corrected chi connectivity index (χ1v) is 6.09. The Bertz CT molecular complexity index is 648. The number of hydrogen-bond acceptors (Lipinski definition) is 4. The number of carbonyl (C=O) groups excluding carboxylic acids is 2. The van der Waals surface area contributed by atoms with Gasteiger partial charge in [0.25, 0.3) is 0 Å². The number of phenols is 1. The molecule has 1 N–H and O–H groups in total. The lowest BCUT2D eigenvalue weighted by atomic mass is 10.1. The number of aliphatic imine (C=N–C) groups is 1. The van der Waals surface area contributed by atoms with Crippen molar-refractivity contribution in [3.63, 3.8) is 0 Å². The van der Waals surface area contributed by atoms with E-state index in [0.717, 1.165) is 6.21 Å². The standard InChI is InChI=1S/C16H13NO3/c18-14-8-4-7-13(9-14)17-11-15(19)10-16(20)12-5-2-1-3-6-12/h1-9,11,18H,10H2. The van der Waals surface area contributed by atoms with Gasteiger partial charge in [-0.25, -0.2) is 0 Å². The van der Waals surface area contributed by atoms with Crippen LogP contribution in [0.25, 0.3) is 0 Å². The lowest BCUT2D eigenvalue weighted by molar-refractivity contribution is -0.111. The maximum atomic E-state index is 11.8. The van der Waals surface area contributed by atoms with Gasteiger partial charge in [0.2, 0.25) is 0 Å². The highest BCUT2D eigenvalue weighted by Gasteiger charge is 2.09. The fourth-order valence-corrected chi connectivity index (χ4v) is 1.65. The molecular weight excluding hydrogens is 254 g/mol. The molecule has 0 amide bonds. The van der Waals surface area contributed by atoms with E-state index >= 15 is 0 Å². The third kappa shape index (κ3) is 3.88. The van der Waals surface area contributed by atoms with Gasteiger partial charge in [0, 0.05) is 11.6 Å². The predicted octanol–water partition coefficient (Wildman–Crippen LogP) is 2.94. The van der Waals surface area contributed by atoms with E-state index in [1.807, 2.05) is 6.07 Å². The summed E-state index contributed by atoms with van der Waals surface area (Å²) < 4.78 is 0. The smallest absolute Gasteiger partial charge is 0.181 e. The molecule has 0 saturated carbocycles. The highest BCUT2D eigenvalue weighted by atomic mass is 16.3. The van der Waals surface area contributed by atoms with Crippen molar-refractivity contribution < 1.29 is 14.7 Å². The Kier molecular flexibility index (Phi) is 4.39. The van der Waals surface area contributed by atoms with Gasteiger partial charge in [-0.05, 0) is 12.1 Å². The fraction of sp³-hybridized carbons (Fsp3) is 0.0625. The van der Waals surface area contributed by atoms with Crippen LogP contribution in [0.4, 0.5) is 5.69 Å². The number of aromatic hydroxyl groups is 1. The van der Waals surface area contributed by atoms with Crippen molar-refractivity contribution in [1.29, 1.82) is 0 Å². The molecule has 0 spiro atoms. The molecule has 20 heavy (non-hydrogen) atoms. The molecule has 2 aromatic rings. The molecule has 0 fully saturated rings. The molecule has 0 atom stereocenters. The number of rotatable bonds is 5. The molecule has 0 saturated heterocycles. The van der Waals surface area contributed by atoms with Gasteiger partial charge in [-0.3, -0.25) is 14.6 Å². The Hall–Kier alpha value is -2.75. The molecule has 0 aromatic heterocycles. The molecule has 4 heteroatoms. The number of phenolic OH excluding ortho intramolecular Hbond substituents is 1. The number of carbonyl (C=O) groups is 2. The minimum Gasteiger partial charge on any atom is -0.508 e. The van der Waals surface area contributed by atoms with E-state index in [-0.39, 0.29) is 23.7 Å². The Morgan fingerprint density at radius 3 is 2.50 bits per heavy atom. The van der Waals surface area contributed by atoms with E-state index < -0.39 is 0 Å². The van der Waals surface area contributed by atoms with Gasteiger partial charge < -0.3 is 5.11 Å². The Labute approximate surface area is 116 Å². The summed E-state index contributed by atoms with van der Waals surface area (Å²) >= 11 is 0. The van der Waals surface area contributed by atoms with E-state index in [1.54, 1.807) is 36.4 Å². The molecule has 0 unspecified atom stereocenters. The molecule has 0 radical (unpaired) electrons. The second-order valence-electron chi connectivity index (χ2n) is 4.21. The largest absolute Gasteiger partial charge is 0.508 e. The first-order valence-electron chi connectivity index (χ1n) is 6.09. The van der Waals surface area contributed by atoms with Gasteiger partial charge in [0.05, 0.1) is 18.3 Å². The summed E-state index contributed by atoms with van der Waals surface area (Å²) in [7, 11) is 0. The molecule has 0 aliphatic heterocycles. The summed E-state index contributed by atoms with van der Waals surface area (Å²) in [4.78, 5) is 27.4. The molecule has 2 rings (SSSR count). The number of ketones is 2. The first kappa shape index (κ1) is 13.7. The zero-order valence-electron chi connectivity index (χ0n) is 10.7. The van der Waals surface area contributed by atoms with Crippen LogP contribution in [-0.2, 0) is 4.79 Å². The van der Waals surface area contributed by atoms with E-state index in [2.05, 4.69) is 4.99 Å². The zero-order chi connectivity index (χ0) is 14.4. The van der Waals surface area contributed by atoms with Crippen LogP contribution in [0.2, 0.25) is 0 Å². The average molecular weight is 267 g/mol. The molecule has 2 aromatic carbocycles. The topological polar surface area (TPSA) is 66.7 Å². The fourth-order valence-electron chi connectivity index (χ4n) is 1.65. The summed E-state index contributed by atoms with van der Waals surface area (Å²) in [6.07, 6.45) is 0.891. The quantitative estimate of drug-likeness (QED) is 0.514. The summed E-state index contributed by atoms with van der Waals surface area (Å²) in [6.45, 7) is 0. The van der Waals surface area contributed by atoms with Crippen molar-refractivity contribution in [2.24, 2.45) is 4.99 Å². The summed E-state index contributed by atoms with van der Waals surface area (Å²) in [5.74, 6) is -0.535. The van der Waals surface area contributed by atoms with Crippen LogP contribution in [0.1, 0.15) is 16.8 Å². The lowest BCUT2D eigenvalue weighted by Gasteiger charge is -1.97. The molecular formula is C16H13NO3. The van der Waals surface area contributed by atoms with Crippen molar-refractivity contribution in [3.05, 3.63) is 60.2 Å². The van der Waals surface area contributed by atoms with Gasteiger partial charge in [-0.1, -0.05) is 36.4 Å². The van der Waals surface area contributed by atoms with Crippen molar-refractivity contribution >= 4 is 23.5 Å². The van der Waals surface area contributed by atoms with Crippen LogP contribution in [0.5, 0.6) is 5.75 Å². The van der Waals surface area contributed by atoms with Crippen LogP contribution >= 0.6 is 0 Å². The van der Waals surface area contributed by atoms with E-state index in [0.29, 0.717) is 11.3 Å². The summed E-state index contributed by atoms with van der Waals surface area (Å²) in [5, 5.41) is 9.26. The van der Waals surface area contributed by atoms with Crippen molar-refractivity contribution in [1.82, 2.24) is 0 Å². The number of hydrogen-bond donors (Lipinski definition) is 1. The molecule has 0 heterocycles. The minimum absolute atomic E-state index is 0.0764. The third-order valence-corrected chi connectivity index (χ3v) is 2.62. The molecule has 100 valence electrons. The van der Waals surface area contributed by atoms with Crippen LogP contribution in [-0.4, -0.2) is 22.9 Å². The first-order chi connectivity index (χ1) is 9.65. The van der Waals surface area contributed by atoms with Crippen LogP contribution in [0, 0.1) is 0 Å². The van der Waals surface area contributed by atoms with Crippen LogP contribution < -0.4 is 0 Å². The van der Waals surface area contributed by atoms with Crippen LogP contribution in [0.15, 0.2) is 59.6 Å². The second kappa shape index (κ2) is 6.43. The van der Waals surface area contributed by atoms with Gasteiger partial charge >= 0.3 is 0 Å². The zero-order valence-corrected chi connectivity index (χ0v) is 10.7. The average Bonchev–Trinajstić information content (AvgIpc) is 2.46. The second-order valence-corrected chi connectivity index (χ2v) is 4.21. The van der Waals surface area contributed by atoms with Gasteiger partial charge in [0.15, 0.2) is 11.6 Å². The Balaban J connectivity index is 1.98. The molecule has 0 bridgehead atoms. The van der Waals surface area contributed by atoms with Crippen molar-refractivity contribution in [2.45, 2.75) is 6.42 Å².